The molecule has 30 heavy (non-hydrogen) atoms. The van der Waals surface area contributed by atoms with Gasteiger partial charge in [-0.15, -0.1) is 0 Å². The van der Waals surface area contributed by atoms with Gasteiger partial charge in [-0.1, -0.05) is 48.8 Å². The predicted molar refractivity (Wildman–Crippen MR) is 115 cm³/mol. The van der Waals surface area contributed by atoms with Crippen molar-refractivity contribution in [3.8, 4) is 28.8 Å². The molecular formula is C26H17F2NO. The largest absolute Gasteiger partial charge is 0.488 e. The fourth-order valence-electron chi connectivity index (χ4n) is 3.00. The summed E-state index contributed by atoms with van der Waals surface area (Å²) in [5.41, 5.74) is 3.38. The molecule has 1 heterocycles. The third-order valence-electron chi connectivity index (χ3n) is 4.54. The molecule has 0 bridgehead atoms. The van der Waals surface area contributed by atoms with Gasteiger partial charge in [0.05, 0.1) is 11.9 Å². The van der Waals surface area contributed by atoms with Crippen molar-refractivity contribution in [2.45, 2.75) is 0 Å². The molecule has 0 amide bonds. The molecule has 146 valence electrons. The van der Waals surface area contributed by atoms with Gasteiger partial charge in [0.1, 0.15) is 12.4 Å². The molecule has 0 aliphatic carbocycles. The number of halogens is 2. The molecule has 0 fully saturated rings. The van der Waals surface area contributed by atoms with E-state index in [0.717, 1.165) is 28.5 Å². The highest BCUT2D eigenvalue weighted by Gasteiger charge is 2.06. The quantitative estimate of drug-likeness (QED) is 0.305. The molecule has 2 nitrogen and oxygen atoms in total. The average molecular weight is 397 g/mol. The molecule has 0 N–H and O–H groups in total. The van der Waals surface area contributed by atoms with E-state index in [2.05, 4.69) is 23.4 Å². The average Bonchev–Trinajstić information content (AvgIpc) is 2.79. The van der Waals surface area contributed by atoms with Gasteiger partial charge in [0.15, 0.2) is 11.6 Å². The molecule has 4 rings (SSSR count). The van der Waals surface area contributed by atoms with Gasteiger partial charge in [0.25, 0.3) is 0 Å². The van der Waals surface area contributed by atoms with Crippen LogP contribution in [0.2, 0.25) is 0 Å². The van der Waals surface area contributed by atoms with Crippen molar-refractivity contribution in [1.29, 1.82) is 0 Å². The van der Waals surface area contributed by atoms with Gasteiger partial charge in [0, 0.05) is 22.1 Å². The van der Waals surface area contributed by atoms with E-state index in [1.807, 2.05) is 36.4 Å². The van der Waals surface area contributed by atoms with Crippen LogP contribution in [0.4, 0.5) is 8.78 Å². The van der Waals surface area contributed by atoms with Crippen molar-refractivity contribution in [3.63, 3.8) is 0 Å². The van der Waals surface area contributed by atoms with Crippen LogP contribution in [0.5, 0.6) is 5.75 Å². The minimum absolute atomic E-state index is 0.248. The highest BCUT2D eigenvalue weighted by molar-refractivity contribution is 5.84. The van der Waals surface area contributed by atoms with Crippen LogP contribution >= 0.6 is 0 Å². The van der Waals surface area contributed by atoms with Crippen LogP contribution in [0, 0.1) is 23.5 Å². The maximum Gasteiger partial charge on any atom is 0.166 e. The first-order valence-corrected chi connectivity index (χ1v) is 9.34. The van der Waals surface area contributed by atoms with Crippen molar-refractivity contribution in [1.82, 2.24) is 4.98 Å². The predicted octanol–water partition coefficient (Wildman–Crippen LogP) is 6.14. The van der Waals surface area contributed by atoms with E-state index in [-0.39, 0.29) is 5.39 Å². The van der Waals surface area contributed by atoms with E-state index < -0.39 is 11.6 Å². The lowest BCUT2D eigenvalue weighted by atomic mass is 10.1. The lowest BCUT2D eigenvalue weighted by molar-refractivity contribution is 0.362. The van der Waals surface area contributed by atoms with Gasteiger partial charge in [-0.2, -0.15) is 0 Å². The van der Waals surface area contributed by atoms with E-state index in [1.54, 1.807) is 36.5 Å². The molecule has 0 saturated carbocycles. The van der Waals surface area contributed by atoms with E-state index in [4.69, 9.17) is 4.74 Å². The fraction of sp³-hybridized carbons (Fsp3) is 0.0385. The summed E-state index contributed by atoms with van der Waals surface area (Å²) in [5, 5.41) is 0.862. The summed E-state index contributed by atoms with van der Waals surface area (Å²) in [4.78, 5) is 4.41. The summed E-state index contributed by atoms with van der Waals surface area (Å²) in [6.45, 7) is 4.06. The zero-order valence-electron chi connectivity index (χ0n) is 16.0. The second-order valence-corrected chi connectivity index (χ2v) is 6.60. The Kier molecular flexibility index (Phi) is 5.54. The van der Waals surface area contributed by atoms with Crippen molar-refractivity contribution in [3.05, 3.63) is 108 Å². The maximum atomic E-state index is 13.8. The van der Waals surface area contributed by atoms with E-state index >= 15 is 0 Å². The summed E-state index contributed by atoms with van der Waals surface area (Å²) >= 11 is 0. The number of benzene rings is 3. The Morgan fingerprint density at radius 3 is 2.40 bits per heavy atom. The minimum atomic E-state index is -0.852. The summed E-state index contributed by atoms with van der Waals surface area (Å²) in [5.74, 6) is 5.17. The van der Waals surface area contributed by atoms with Crippen LogP contribution in [0.1, 0.15) is 11.1 Å². The van der Waals surface area contributed by atoms with Crippen molar-refractivity contribution in [2.24, 2.45) is 0 Å². The van der Waals surface area contributed by atoms with Crippen LogP contribution in [0.15, 0.2) is 85.6 Å². The number of pyridine rings is 1. The summed E-state index contributed by atoms with van der Waals surface area (Å²) in [6, 6.07) is 19.2. The highest BCUT2D eigenvalue weighted by Crippen LogP contribution is 2.22. The van der Waals surface area contributed by atoms with Gasteiger partial charge in [-0.25, -0.2) is 8.78 Å². The fourth-order valence-corrected chi connectivity index (χ4v) is 3.00. The molecule has 4 aromatic rings. The molecular weight excluding hydrogens is 380 g/mol. The molecule has 0 spiro atoms. The zero-order chi connectivity index (χ0) is 20.9. The second-order valence-electron chi connectivity index (χ2n) is 6.60. The standard InChI is InChI=1S/C26H17F2NO/c1-2-15-30-22-11-14-25(29-17-22)20-8-5-18(6-9-20)3-4-19-7-12-23-21(16-19)10-13-24(27)26(23)28/h2,5-14,16-17H,1,15H2. The molecule has 4 heteroatoms. The zero-order valence-corrected chi connectivity index (χ0v) is 16.0. The molecule has 0 radical (unpaired) electrons. The van der Waals surface area contributed by atoms with Crippen LogP contribution in [-0.2, 0) is 0 Å². The molecule has 0 aliphatic rings. The molecule has 0 aliphatic heterocycles. The smallest absolute Gasteiger partial charge is 0.166 e. The highest BCUT2D eigenvalue weighted by atomic mass is 19.2. The van der Waals surface area contributed by atoms with Gasteiger partial charge in [-0.3, -0.25) is 4.98 Å². The maximum absolute atomic E-state index is 13.8. The number of hydrogen-bond acceptors (Lipinski definition) is 2. The summed E-state index contributed by atoms with van der Waals surface area (Å²) in [6.07, 6.45) is 3.37. The SMILES string of the molecule is C=CCOc1ccc(-c2ccc(C#Cc3ccc4c(F)c(F)ccc4c3)cc2)nc1. The van der Waals surface area contributed by atoms with Crippen LogP contribution in [-0.4, -0.2) is 11.6 Å². The first-order valence-electron chi connectivity index (χ1n) is 9.34. The topological polar surface area (TPSA) is 22.1 Å². The lowest BCUT2D eigenvalue weighted by Gasteiger charge is -2.04. The Balaban J connectivity index is 1.52. The normalized spacial score (nSPS) is 10.3. The minimum Gasteiger partial charge on any atom is -0.488 e. The van der Waals surface area contributed by atoms with E-state index in [9.17, 15) is 8.78 Å². The van der Waals surface area contributed by atoms with Crippen molar-refractivity contribution < 1.29 is 13.5 Å². The molecule has 0 atom stereocenters. The first-order chi connectivity index (χ1) is 14.6. The number of hydrogen-bond donors (Lipinski definition) is 0. The van der Waals surface area contributed by atoms with Crippen LogP contribution in [0.25, 0.3) is 22.0 Å². The number of nitrogens with zero attached hydrogens (tertiary/aromatic N) is 1. The third-order valence-corrected chi connectivity index (χ3v) is 4.54. The van der Waals surface area contributed by atoms with Crippen molar-refractivity contribution in [2.75, 3.05) is 6.61 Å². The number of rotatable bonds is 4. The number of ether oxygens (including phenoxy) is 1. The molecule has 0 unspecified atom stereocenters. The Labute approximate surface area is 173 Å². The monoisotopic (exact) mass is 397 g/mol. The Hall–Kier alpha value is -3.97. The second kappa shape index (κ2) is 8.59. The molecule has 3 aromatic carbocycles. The number of fused-ring (bicyclic) bond motifs is 1. The number of aromatic nitrogens is 1. The Morgan fingerprint density at radius 1 is 0.900 bits per heavy atom. The van der Waals surface area contributed by atoms with E-state index in [1.165, 1.54) is 0 Å². The van der Waals surface area contributed by atoms with E-state index in [0.29, 0.717) is 17.7 Å². The van der Waals surface area contributed by atoms with Gasteiger partial charge >= 0.3 is 0 Å². The third kappa shape index (κ3) is 4.21. The Bertz CT molecular complexity index is 1270. The van der Waals surface area contributed by atoms with Gasteiger partial charge < -0.3 is 4.74 Å². The van der Waals surface area contributed by atoms with Crippen molar-refractivity contribution >= 4 is 10.8 Å². The molecule has 1 aromatic heterocycles. The van der Waals surface area contributed by atoms with Crippen LogP contribution < -0.4 is 4.74 Å². The van der Waals surface area contributed by atoms with Gasteiger partial charge in [-0.05, 0) is 47.9 Å². The molecule has 0 saturated heterocycles. The Morgan fingerprint density at radius 2 is 1.67 bits per heavy atom. The van der Waals surface area contributed by atoms with Crippen LogP contribution in [0.3, 0.4) is 0 Å². The summed E-state index contributed by atoms with van der Waals surface area (Å²) < 4.78 is 32.6. The van der Waals surface area contributed by atoms with Gasteiger partial charge in [0.2, 0.25) is 0 Å². The lowest BCUT2D eigenvalue weighted by Crippen LogP contribution is -1.93. The summed E-state index contributed by atoms with van der Waals surface area (Å²) in [7, 11) is 0. The first kappa shape index (κ1) is 19.4.